The smallest absolute Gasteiger partial charge is 0.213 e. The fraction of sp³-hybridized carbons (Fsp3) is 0.500. The van der Waals surface area contributed by atoms with E-state index in [0.717, 1.165) is 6.26 Å². The zero-order valence-corrected chi connectivity index (χ0v) is 14.9. The number of halogens is 2. The Morgan fingerprint density at radius 2 is 1.91 bits per heavy atom. The normalized spacial score (nSPS) is 21.0. The minimum atomic E-state index is -3.87. The van der Waals surface area contributed by atoms with Crippen LogP contribution in [0.25, 0.3) is 0 Å². The third kappa shape index (κ3) is 4.12. The van der Waals surface area contributed by atoms with Crippen molar-refractivity contribution >= 4 is 43.2 Å². The molecule has 1 N–H and O–H groups in total. The minimum Gasteiger partial charge on any atom is -0.213 e. The molecular formula is C12H16Cl2N2O4S2. The topological polar surface area (TPSA) is 83.6 Å². The molecule has 22 heavy (non-hydrogen) atoms. The van der Waals surface area contributed by atoms with E-state index < -0.39 is 26.1 Å². The first kappa shape index (κ1) is 18.0. The van der Waals surface area contributed by atoms with Crippen molar-refractivity contribution in [2.24, 2.45) is 0 Å². The van der Waals surface area contributed by atoms with Gasteiger partial charge >= 0.3 is 0 Å². The van der Waals surface area contributed by atoms with E-state index in [4.69, 9.17) is 23.2 Å². The van der Waals surface area contributed by atoms with Gasteiger partial charge in [0.2, 0.25) is 20.0 Å². The van der Waals surface area contributed by atoms with Crippen LogP contribution in [0.3, 0.4) is 0 Å². The van der Waals surface area contributed by atoms with E-state index in [0.29, 0.717) is 19.4 Å². The lowest BCUT2D eigenvalue weighted by Crippen LogP contribution is -2.49. The standard InChI is InChI=1S/C12H16Cl2N2O4S2/c1-21(17,18)16-7-3-4-9(8-16)15-22(19,20)11-6-2-5-10(13)12(11)14/h2,5-6,9,15H,3-4,7-8H2,1H3. The van der Waals surface area contributed by atoms with Gasteiger partial charge in [0.15, 0.2) is 0 Å². The Morgan fingerprint density at radius 3 is 2.55 bits per heavy atom. The molecule has 1 aliphatic rings. The van der Waals surface area contributed by atoms with Crippen LogP contribution >= 0.6 is 23.2 Å². The molecule has 1 atom stereocenters. The van der Waals surface area contributed by atoms with Gasteiger partial charge in [-0.1, -0.05) is 29.3 Å². The second-order valence-corrected chi connectivity index (χ2v) is 9.58. The number of sulfonamides is 2. The summed E-state index contributed by atoms with van der Waals surface area (Å²) in [6.45, 7) is 0.505. The van der Waals surface area contributed by atoms with E-state index in [-0.39, 0.29) is 21.5 Å². The van der Waals surface area contributed by atoms with Crippen LogP contribution in [0.15, 0.2) is 23.1 Å². The van der Waals surface area contributed by atoms with Gasteiger partial charge in [-0.25, -0.2) is 25.9 Å². The molecule has 1 unspecified atom stereocenters. The average Bonchev–Trinajstić information content (AvgIpc) is 2.40. The summed E-state index contributed by atoms with van der Waals surface area (Å²) in [4.78, 5) is -0.113. The zero-order chi connectivity index (χ0) is 16.5. The van der Waals surface area contributed by atoms with Crippen molar-refractivity contribution in [3.63, 3.8) is 0 Å². The zero-order valence-electron chi connectivity index (χ0n) is 11.8. The van der Waals surface area contributed by atoms with Gasteiger partial charge in [0.1, 0.15) is 4.90 Å². The summed E-state index contributed by atoms with van der Waals surface area (Å²) >= 11 is 11.8. The molecule has 1 heterocycles. The molecule has 1 aromatic rings. The van der Waals surface area contributed by atoms with Crippen LogP contribution in [-0.4, -0.2) is 46.5 Å². The van der Waals surface area contributed by atoms with Crippen molar-refractivity contribution in [1.29, 1.82) is 0 Å². The number of hydrogen-bond acceptors (Lipinski definition) is 4. The first-order chi connectivity index (χ1) is 10.1. The van der Waals surface area contributed by atoms with Crippen molar-refractivity contribution in [2.75, 3.05) is 19.3 Å². The summed E-state index contributed by atoms with van der Waals surface area (Å²) in [6.07, 6.45) is 2.25. The van der Waals surface area contributed by atoms with Crippen LogP contribution in [0.1, 0.15) is 12.8 Å². The molecule has 0 bridgehead atoms. The SMILES string of the molecule is CS(=O)(=O)N1CCCC(NS(=O)(=O)c2cccc(Cl)c2Cl)C1. The highest BCUT2D eigenvalue weighted by Crippen LogP contribution is 2.29. The summed E-state index contributed by atoms with van der Waals surface area (Å²) in [5, 5.41) is 0.0957. The van der Waals surface area contributed by atoms with E-state index in [1.165, 1.54) is 22.5 Å². The van der Waals surface area contributed by atoms with Crippen LogP contribution in [0.4, 0.5) is 0 Å². The molecule has 1 saturated heterocycles. The van der Waals surface area contributed by atoms with Crippen molar-refractivity contribution in [3.8, 4) is 0 Å². The van der Waals surface area contributed by atoms with Gasteiger partial charge in [-0.2, -0.15) is 0 Å². The molecule has 0 aliphatic carbocycles. The van der Waals surface area contributed by atoms with Gasteiger partial charge in [0.05, 0.1) is 16.3 Å². The maximum atomic E-state index is 12.4. The Kier molecular flexibility index (Phi) is 5.41. The Morgan fingerprint density at radius 1 is 1.23 bits per heavy atom. The van der Waals surface area contributed by atoms with Gasteiger partial charge in [-0.05, 0) is 25.0 Å². The second kappa shape index (κ2) is 6.62. The molecule has 1 fully saturated rings. The summed E-state index contributed by atoms with van der Waals surface area (Å²) in [5.41, 5.74) is 0. The molecule has 0 saturated carbocycles. The van der Waals surface area contributed by atoms with E-state index in [2.05, 4.69) is 4.72 Å². The van der Waals surface area contributed by atoms with E-state index in [9.17, 15) is 16.8 Å². The van der Waals surface area contributed by atoms with E-state index in [1.807, 2.05) is 0 Å². The van der Waals surface area contributed by atoms with Gasteiger partial charge in [0, 0.05) is 19.1 Å². The summed E-state index contributed by atoms with van der Waals surface area (Å²) in [7, 11) is -7.21. The van der Waals surface area contributed by atoms with Gasteiger partial charge in [-0.15, -0.1) is 0 Å². The lowest BCUT2D eigenvalue weighted by molar-refractivity contribution is 0.305. The van der Waals surface area contributed by atoms with Gasteiger partial charge < -0.3 is 0 Å². The highest BCUT2D eigenvalue weighted by molar-refractivity contribution is 7.89. The first-order valence-corrected chi connectivity index (χ1v) is 10.6. The molecule has 0 radical (unpaired) electrons. The number of rotatable bonds is 4. The van der Waals surface area contributed by atoms with Crippen LogP contribution in [0.5, 0.6) is 0 Å². The first-order valence-electron chi connectivity index (χ1n) is 6.53. The molecule has 2 rings (SSSR count). The second-order valence-electron chi connectivity index (χ2n) is 5.13. The average molecular weight is 387 g/mol. The van der Waals surface area contributed by atoms with Gasteiger partial charge in [-0.3, -0.25) is 0 Å². The van der Waals surface area contributed by atoms with Crippen LogP contribution in [0.2, 0.25) is 10.0 Å². The molecule has 1 aliphatic heterocycles. The predicted molar refractivity (Wildman–Crippen MR) is 86.2 cm³/mol. The molecule has 6 nitrogen and oxygen atoms in total. The highest BCUT2D eigenvalue weighted by atomic mass is 35.5. The van der Waals surface area contributed by atoms with Crippen molar-refractivity contribution in [3.05, 3.63) is 28.2 Å². The van der Waals surface area contributed by atoms with Crippen molar-refractivity contribution in [2.45, 2.75) is 23.8 Å². The molecular weight excluding hydrogens is 371 g/mol. The summed E-state index contributed by atoms with van der Waals surface area (Å²) in [5.74, 6) is 0. The Balaban J connectivity index is 2.20. The van der Waals surface area contributed by atoms with Crippen molar-refractivity contribution < 1.29 is 16.8 Å². The monoisotopic (exact) mass is 386 g/mol. The quantitative estimate of drug-likeness (QED) is 0.853. The number of benzene rings is 1. The van der Waals surface area contributed by atoms with Crippen molar-refractivity contribution in [1.82, 2.24) is 9.03 Å². The van der Waals surface area contributed by atoms with Gasteiger partial charge in [0.25, 0.3) is 0 Å². The molecule has 0 amide bonds. The Labute approximate surface area is 140 Å². The third-order valence-corrected chi connectivity index (χ3v) is 7.14. The lowest BCUT2D eigenvalue weighted by Gasteiger charge is -2.31. The Hall–Kier alpha value is -0.380. The fourth-order valence-electron chi connectivity index (χ4n) is 2.31. The van der Waals surface area contributed by atoms with E-state index in [1.54, 1.807) is 0 Å². The largest absolute Gasteiger partial charge is 0.242 e. The molecule has 0 aromatic heterocycles. The van der Waals surface area contributed by atoms with Crippen LogP contribution < -0.4 is 4.72 Å². The number of hydrogen-bond donors (Lipinski definition) is 1. The molecule has 10 heteroatoms. The highest BCUT2D eigenvalue weighted by Gasteiger charge is 2.30. The molecule has 1 aromatic carbocycles. The fourth-order valence-corrected chi connectivity index (χ4v) is 5.25. The molecule has 0 spiro atoms. The maximum Gasteiger partial charge on any atom is 0.242 e. The summed E-state index contributed by atoms with van der Waals surface area (Å²) < 4.78 is 51.7. The molecule has 124 valence electrons. The minimum absolute atomic E-state index is 0.0487. The Bertz CT molecular complexity index is 765. The summed E-state index contributed by atoms with van der Waals surface area (Å²) in [6, 6.07) is 3.85. The number of piperidine rings is 1. The maximum absolute atomic E-state index is 12.4. The van der Waals surface area contributed by atoms with E-state index >= 15 is 0 Å². The number of nitrogens with zero attached hydrogens (tertiary/aromatic N) is 1. The third-order valence-electron chi connectivity index (χ3n) is 3.38. The lowest BCUT2D eigenvalue weighted by atomic mass is 10.1. The van der Waals surface area contributed by atoms with Crippen LogP contribution in [-0.2, 0) is 20.0 Å². The van der Waals surface area contributed by atoms with Crippen LogP contribution in [0, 0.1) is 0 Å². The predicted octanol–water partition coefficient (Wildman–Crippen LogP) is 1.70. The number of nitrogens with one attached hydrogen (secondary N) is 1.